The monoisotopic (exact) mass is 592 g/mol. The van der Waals surface area contributed by atoms with Crippen molar-refractivity contribution in [2.75, 3.05) is 36.5 Å². The highest BCUT2D eigenvalue weighted by Crippen LogP contribution is 2.45. The third kappa shape index (κ3) is 4.61. The summed E-state index contributed by atoms with van der Waals surface area (Å²) in [5.74, 6) is -0.709. The maximum absolute atomic E-state index is 15.8. The number of sulfone groups is 1. The van der Waals surface area contributed by atoms with Gasteiger partial charge in [-0.2, -0.15) is 10.1 Å². The van der Waals surface area contributed by atoms with Crippen molar-refractivity contribution in [2.45, 2.75) is 36.6 Å². The Morgan fingerprint density at radius 3 is 2.62 bits per heavy atom. The van der Waals surface area contributed by atoms with E-state index in [2.05, 4.69) is 26.7 Å². The van der Waals surface area contributed by atoms with E-state index in [1.54, 1.807) is 17.0 Å². The topological polar surface area (TPSA) is 160 Å². The fourth-order valence-corrected chi connectivity index (χ4v) is 6.48. The molecule has 1 saturated heterocycles. The van der Waals surface area contributed by atoms with Gasteiger partial charge in [-0.15, -0.1) is 0 Å². The summed E-state index contributed by atoms with van der Waals surface area (Å²) in [6.45, 7) is 6.41. The van der Waals surface area contributed by atoms with Gasteiger partial charge in [0, 0.05) is 31.9 Å². The van der Waals surface area contributed by atoms with Crippen molar-refractivity contribution in [1.82, 2.24) is 29.6 Å². The predicted molar refractivity (Wildman–Crippen MR) is 156 cm³/mol. The zero-order valence-corrected chi connectivity index (χ0v) is 23.9. The average molecular weight is 593 g/mol. The molecule has 42 heavy (non-hydrogen) atoms. The minimum absolute atomic E-state index is 0.0187. The lowest BCUT2D eigenvalue weighted by atomic mass is 10.1. The Kier molecular flexibility index (Phi) is 6.60. The highest BCUT2D eigenvalue weighted by atomic mass is 32.2. The van der Waals surface area contributed by atoms with Crippen molar-refractivity contribution >= 4 is 38.3 Å². The lowest BCUT2D eigenvalue weighted by molar-refractivity contribution is -0.126. The summed E-state index contributed by atoms with van der Waals surface area (Å²) in [7, 11) is -3.80. The van der Waals surface area contributed by atoms with E-state index >= 15 is 4.39 Å². The molecule has 1 atom stereocenters. The molecule has 14 heteroatoms. The number of nitrogen functional groups attached to an aromatic ring is 1. The summed E-state index contributed by atoms with van der Waals surface area (Å²) in [4.78, 5) is 38.7. The number of nitrogens with two attached hydrogens (primary N) is 1. The number of benzene rings is 1. The van der Waals surface area contributed by atoms with Crippen LogP contribution >= 0.6 is 0 Å². The first-order chi connectivity index (χ1) is 20.0. The SMILES string of the molecule is C=CC(=O)N1CCN(c2nc(=O)n(-c3c(C4CC4)cccc3S(C)(=O)=O)c3nc(-c4[nH]ncc4N)c(F)cc23)[C@@H](C)C1. The Hall–Kier alpha value is -4.59. The van der Waals surface area contributed by atoms with E-state index in [1.807, 2.05) is 11.8 Å². The van der Waals surface area contributed by atoms with Crippen molar-refractivity contribution in [3.8, 4) is 17.1 Å². The lowest BCUT2D eigenvalue weighted by Gasteiger charge is -2.40. The molecule has 1 aliphatic carbocycles. The highest BCUT2D eigenvalue weighted by Gasteiger charge is 2.34. The lowest BCUT2D eigenvalue weighted by Crippen LogP contribution is -2.54. The summed E-state index contributed by atoms with van der Waals surface area (Å²) >= 11 is 0. The van der Waals surface area contributed by atoms with Gasteiger partial charge in [-0.05, 0) is 49.5 Å². The van der Waals surface area contributed by atoms with E-state index in [-0.39, 0.29) is 62.4 Å². The number of nitrogens with one attached hydrogen (secondary N) is 1. The standard InChI is InChI=1S/C28H29FN8O4S/c1-4-22(38)35-10-11-36(15(2)14-35)26-18-12-19(29)23(24-20(30)13-31-34-24)32-27(18)37(28(39)33-26)25-17(16-8-9-16)6-5-7-21(25)42(3,40)41/h4-7,12-13,15-16H,1,8-11,14,30H2,2-3H3,(H,31,34)/t15-/m0/s1. The van der Waals surface area contributed by atoms with Crippen molar-refractivity contribution in [1.29, 1.82) is 0 Å². The first-order valence-corrected chi connectivity index (χ1v) is 15.3. The number of carbonyl (C=O) groups is 1. The van der Waals surface area contributed by atoms with Crippen molar-refractivity contribution in [3.05, 3.63) is 65.0 Å². The Labute approximate surface area is 240 Å². The number of hydrogen-bond donors (Lipinski definition) is 2. The van der Waals surface area contributed by atoms with Gasteiger partial charge in [0.05, 0.1) is 27.9 Å². The maximum Gasteiger partial charge on any atom is 0.355 e. The molecular weight excluding hydrogens is 563 g/mol. The Morgan fingerprint density at radius 1 is 1.24 bits per heavy atom. The number of anilines is 2. The third-order valence-electron chi connectivity index (χ3n) is 7.76. The van der Waals surface area contributed by atoms with E-state index in [9.17, 15) is 18.0 Å². The van der Waals surface area contributed by atoms with Crippen LogP contribution in [-0.2, 0) is 14.6 Å². The molecule has 2 fully saturated rings. The molecule has 0 radical (unpaired) electrons. The van der Waals surface area contributed by atoms with Crippen molar-refractivity contribution < 1.29 is 17.6 Å². The molecule has 4 heterocycles. The van der Waals surface area contributed by atoms with Crippen LogP contribution in [0.5, 0.6) is 0 Å². The third-order valence-corrected chi connectivity index (χ3v) is 8.89. The van der Waals surface area contributed by atoms with Crippen LogP contribution in [-0.4, -0.2) is 75.9 Å². The van der Waals surface area contributed by atoms with Crippen molar-refractivity contribution in [3.63, 3.8) is 0 Å². The molecule has 1 amide bonds. The second-order valence-electron chi connectivity index (χ2n) is 10.7. The molecule has 1 aliphatic heterocycles. The second-order valence-corrected chi connectivity index (χ2v) is 12.7. The summed E-state index contributed by atoms with van der Waals surface area (Å²) in [5.41, 5.74) is 6.20. The second kappa shape index (κ2) is 10.0. The van der Waals surface area contributed by atoms with Gasteiger partial charge in [0.25, 0.3) is 0 Å². The highest BCUT2D eigenvalue weighted by molar-refractivity contribution is 7.90. The Bertz CT molecular complexity index is 1930. The molecule has 1 saturated carbocycles. The Morgan fingerprint density at radius 2 is 2.00 bits per heavy atom. The fraction of sp³-hybridized carbons (Fsp3) is 0.321. The summed E-state index contributed by atoms with van der Waals surface area (Å²) in [6, 6.07) is 5.83. The predicted octanol–water partition coefficient (Wildman–Crippen LogP) is 2.40. The molecular formula is C28H29FN8O4S. The molecule has 3 N–H and O–H groups in total. The number of para-hydroxylation sites is 1. The number of amides is 1. The number of fused-ring (bicyclic) bond motifs is 1. The molecule has 2 aliphatic rings. The van der Waals surface area contributed by atoms with Crippen LogP contribution < -0.4 is 16.3 Å². The molecule has 0 unspecified atom stereocenters. The van der Waals surface area contributed by atoms with Gasteiger partial charge < -0.3 is 15.5 Å². The summed E-state index contributed by atoms with van der Waals surface area (Å²) < 4.78 is 42.9. The number of H-pyrrole nitrogens is 1. The largest absolute Gasteiger partial charge is 0.396 e. The van der Waals surface area contributed by atoms with Gasteiger partial charge in [0.2, 0.25) is 5.91 Å². The van der Waals surface area contributed by atoms with Crippen LogP contribution in [0.1, 0.15) is 31.2 Å². The minimum atomic E-state index is -3.80. The van der Waals surface area contributed by atoms with Gasteiger partial charge in [0.15, 0.2) is 21.3 Å². The van der Waals surface area contributed by atoms with Crippen LogP contribution in [0.15, 0.2) is 52.8 Å². The summed E-state index contributed by atoms with van der Waals surface area (Å²) in [5, 5.41) is 6.73. The average Bonchev–Trinajstić information content (AvgIpc) is 3.71. The van der Waals surface area contributed by atoms with Gasteiger partial charge in [0.1, 0.15) is 17.2 Å². The fourth-order valence-electron chi connectivity index (χ4n) is 5.59. The number of nitrogens with zero attached hydrogens (tertiary/aromatic N) is 6. The van der Waals surface area contributed by atoms with Crippen LogP contribution in [0.4, 0.5) is 15.9 Å². The number of hydrogen-bond acceptors (Lipinski definition) is 9. The van der Waals surface area contributed by atoms with Crippen molar-refractivity contribution in [2.24, 2.45) is 0 Å². The zero-order valence-electron chi connectivity index (χ0n) is 23.0. The normalized spacial score (nSPS) is 17.5. The zero-order chi connectivity index (χ0) is 29.9. The van der Waals surface area contributed by atoms with Gasteiger partial charge in [-0.3, -0.25) is 9.89 Å². The van der Waals surface area contributed by atoms with Crippen LogP contribution in [0.3, 0.4) is 0 Å². The molecule has 0 spiro atoms. The number of aromatic amines is 1. The molecule has 0 bridgehead atoms. The van der Waals surface area contributed by atoms with E-state index in [4.69, 9.17) is 5.73 Å². The summed E-state index contributed by atoms with van der Waals surface area (Å²) in [6.07, 6.45) is 5.31. The molecule has 1 aromatic carbocycles. The molecule has 6 rings (SSSR count). The molecule has 12 nitrogen and oxygen atoms in total. The molecule has 218 valence electrons. The minimum Gasteiger partial charge on any atom is -0.396 e. The maximum atomic E-state index is 15.8. The van der Waals surface area contributed by atoms with E-state index in [0.29, 0.717) is 25.2 Å². The van der Waals surface area contributed by atoms with Crippen LogP contribution in [0.25, 0.3) is 28.1 Å². The van der Waals surface area contributed by atoms with Crippen LogP contribution in [0, 0.1) is 5.82 Å². The first kappa shape index (κ1) is 27.6. The van der Waals surface area contributed by atoms with E-state index < -0.39 is 21.3 Å². The number of piperazine rings is 1. The number of carbonyl (C=O) groups excluding carboxylic acids is 1. The number of halogens is 1. The van der Waals surface area contributed by atoms with Gasteiger partial charge >= 0.3 is 5.69 Å². The molecule has 4 aromatic rings. The smallest absolute Gasteiger partial charge is 0.355 e. The van der Waals surface area contributed by atoms with E-state index in [1.165, 1.54) is 29.0 Å². The van der Waals surface area contributed by atoms with E-state index in [0.717, 1.165) is 19.1 Å². The first-order valence-electron chi connectivity index (χ1n) is 13.4. The number of aromatic nitrogens is 5. The Balaban J connectivity index is 1.66. The van der Waals surface area contributed by atoms with Crippen LogP contribution in [0.2, 0.25) is 0 Å². The number of pyridine rings is 1. The van der Waals surface area contributed by atoms with Gasteiger partial charge in [-0.25, -0.2) is 27.2 Å². The quantitative estimate of drug-likeness (QED) is 0.321. The number of rotatable bonds is 6. The van der Waals surface area contributed by atoms with Gasteiger partial charge in [-0.1, -0.05) is 18.7 Å². The molecule has 3 aromatic heterocycles.